The van der Waals surface area contributed by atoms with Crippen LogP contribution in [0, 0.1) is 11.3 Å². The van der Waals surface area contributed by atoms with Gasteiger partial charge < -0.3 is 4.74 Å². The molecule has 0 atom stereocenters. The molecule has 0 N–H and O–H groups in total. The molecule has 0 saturated heterocycles. The van der Waals surface area contributed by atoms with E-state index >= 15 is 0 Å². The quantitative estimate of drug-likeness (QED) is 0.344. The topological polar surface area (TPSA) is 50.1 Å². The fourth-order valence-electron chi connectivity index (χ4n) is 0.715. The first-order valence-electron chi connectivity index (χ1n) is 3.97. The van der Waals surface area contributed by atoms with Crippen LogP contribution in [0.25, 0.3) is 0 Å². The third kappa shape index (κ3) is 6.81. The lowest BCUT2D eigenvalue weighted by Gasteiger charge is -1.99. The minimum Gasteiger partial charge on any atom is -0.463 e. The summed E-state index contributed by atoms with van der Waals surface area (Å²) in [5, 5.41) is 8.20. The number of carbonyl (C=O) groups excluding carboxylic acids is 1. The normalized spacial score (nSPS) is 8.58. The van der Waals surface area contributed by atoms with Crippen LogP contribution in [0.2, 0.25) is 0 Å². The van der Waals surface area contributed by atoms with E-state index in [2.05, 4.69) is 12.6 Å². The van der Waals surface area contributed by atoms with E-state index in [-0.39, 0.29) is 5.97 Å². The molecule has 0 fully saturated rings. The van der Waals surface area contributed by atoms with Gasteiger partial charge in [-0.1, -0.05) is 6.58 Å². The zero-order valence-corrected chi connectivity index (χ0v) is 7.08. The van der Waals surface area contributed by atoms with Gasteiger partial charge in [-0.2, -0.15) is 5.26 Å². The molecule has 0 aromatic heterocycles. The van der Waals surface area contributed by atoms with Crippen LogP contribution in [0.4, 0.5) is 0 Å². The maximum Gasteiger partial charge on any atom is 0.330 e. The average Bonchev–Trinajstić information content (AvgIpc) is 2.10. The highest BCUT2D eigenvalue weighted by Crippen LogP contribution is 1.98. The number of esters is 1. The number of nitrogens with zero attached hydrogens (tertiary/aromatic N) is 1. The second-order valence-electron chi connectivity index (χ2n) is 2.34. The molecule has 0 spiro atoms. The van der Waals surface area contributed by atoms with E-state index in [4.69, 9.17) is 10.00 Å². The van der Waals surface area contributed by atoms with Crippen molar-refractivity contribution in [3.8, 4) is 6.07 Å². The first-order chi connectivity index (χ1) is 5.81. The van der Waals surface area contributed by atoms with Gasteiger partial charge in [-0.15, -0.1) is 0 Å². The summed E-state index contributed by atoms with van der Waals surface area (Å²) in [5.41, 5.74) is 0. The predicted octanol–water partition coefficient (Wildman–Crippen LogP) is 1.80. The molecule has 0 unspecified atom stereocenters. The van der Waals surface area contributed by atoms with Gasteiger partial charge >= 0.3 is 5.97 Å². The molecular formula is C9H13NO2. The van der Waals surface area contributed by atoms with E-state index < -0.39 is 0 Å². The fourth-order valence-corrected chi connectivity index (χ4v) is 0.715. The van der Waals surface area contributed by atoms with Gasteiger partial charge in [0.2, 0.25) is 0 Å². The molecule has 0 saturated carbocycles. The predicted molar refractivity (Wildman–Crippen MR) is 45.2 cm³/mol. The van der Waals surface area contributed by atoms with Crippen molar-refractivity contribution < 1.29 is 9.53 Å². The van der Waals surface area contributed by atoms with Gasteiger partial charge in [0.1, 0.15) is 0 Å². The van der Waals surface area contributed by atoms with E-state index in [9.17, 15) is 4.79 Å². The highest BCUT2D eigenvalue weighted by molar-refractivity contribution is 5.81. The first kappa shape index (κ1) is 10.7. The molecule has 0 aliphatic rings. The largest absolute Gasteiger partial charge is 0.463 e. The standard InChI is InChI=1S/C9H13NO2/c1-2-9(11)12-8-6-4-3-5-7-10/h2H,1,3-6,8H2. The number of ether oxygens (including phenoxy) is 1. The van der Waals surface area contributed by atoms with Crippen molar-refractivity contribution >= 4 is 5.97 Å². The summed E-state index contributed by atoms with van der Waals surface area (Å²) >= 11 is 0. The van der Waals surface area contributed by atoms with E-state index in [1.165, 1.54) is 0 Å². The van der Waals surface area contributed by atoms with Crippen molar-refractivity contribution in [2.45, 2.75) is 25.7 Å². The number of hydrogen-bond acceptors (Lipinski definition) is 3. The maximum atomic E-state index is 10.5. The van der Waals surface area contributed by atoms with Gasteiger partial charge in [0.15, 0.2) is 0 Å². The van der Waals surface area contributed by atoms with Crippen LogP contribution in [-0.4, -0.2) is 12.6 Å². The summed E-state index contributed by atoms with van der Waals surface area (Å²) in [6, 6.07) is 2.05. The SMILES string of the molecule is C=CC(=O)OCCCCCC#N. The van der Waals surface area contributed by atoms with Crippen LogP contribution in [-0.2, 0) is 9.53 Å². The number of carbonyl (C=O) groups is 1. The monoisotopic (exact) mass is 167 g/mol. The Balaban J connectivity index is 3.06. The second-order valence-corrected chi connectivity index (χ2v) is 2.34. The van der Waals surface area contributed by atoms with E-state index in [0.29, 0.717) is 13.0 Å². The van der Waals surface area contributed by atoms with Crippen LogP contribution < -0.4 is 0 Å². The van der Waals surface area contributed by atoms with Crippen molar-refractivity contribution in [1.82, 2.24) is 0 Å². The highest BCUT2D eigenvalue weighted by Gasteiger charge is 1.94. The molecule has 3 nitrogen and oxygen atoms in total. The first-order valence-corrected chi connectivity index (χ1v) is 3.97. The molecular weight excluding hydrogens is 154 g/mol. The molecule has 12 heavy (non-hydrogen) atoms. The van der Waals surface area contributed by atoms with Crippen molar-refractivity contribution in [2.24, 2.45) is 0 Å². The Morgan fingerprint density at radius 1 is 1.50 bits per heavy atom. The minimum absolute atomic E-state index is 0.379. The summed E-state index contributed by atoms with van der Waals surface area (Å²) < 4.78 is 4.73. The molecule has 0 aliphatic heterocycles. The summed E-state index contributed by atoms with van der Waals surface area (Å²) in [5.74, 6) is -0.379. The minimum atomic E-state index is -0.379. The van der Waals surface area contributed by atoms with Crippen molar-refractivity contribution in [3.63, 3.8) is 0 Å². The summed E-state index contributed by atoms with van der Waals surface area (Å²) in [4.78, 5) is 10.5. The Kier molecular flexibility index (Phi) is 6.96. The van der Waals surface area contributed by atoms with Gasteiger partial charge in [-0.25, -0.2) is 4.79 Å². The lowest BCUT2D eigenvalue weighted by molar-refractivity contribution is -0.137. The molecule has 0 aromatic rings. The Morgan fingerprint density at radius 3 is 2.83 bits per heavy atom. The zero-order chi connectivity index (χ0) is 9.23. The van der Waals surface area contributed by atoms with Crippen molar-refractivity contribution in [3.05, 3.63) is 12.7 Å². The van der Waals surface area contributed by atoms with Gasteiger partial charge in [0, 0.05) is 12.5 Å². The number of rotatable bonds is 6. The fraction of sp³-hybridized carbons (Fsp3) is 0.556. The van der Waals surface area contributed by atoms with Crippen LogP contribution in [0.15, 0.2) is 12.7 Å². The second kappa shape index (κ2) is 7.80. The number of hydrogen-bond donors (Lipinski definition) is 0. The van der Waals surface area contributed by atoms with Gasteiger partial charge in [0.05, 0.1) is 12.7 Å². The smallest absolute Gasteiger partial charge is 0.330 e. The molecule has 3 heteroatoms. The Labute approximate surface area is 72.6 Å². The highest BCUT2D eigenvalue weighted by atomic mass is 16.5. The Bertz CT molecular complexity index is 181. The molecule has 66 valence electrons. The average molecular weight is 167 g/mol. The summed E-state index contributed by atoms with van der Waals surface area (Å²) in [6.07, 6.45) is 4.35. The van der Waals surface area contributed by atoms with E-state index in [1.54, 1.807) is 0 Å². The van der Waals surface area contributed by atoms with E-state index in [0.717, 1.165) is 25.3 Å². The zero-order valence-electron chi connectivity index (χ0n) is 7.08. The Hall–Kier alpha value is -1.30. The third-order valence-electron chi connectivity index (χ3n) is 1.34. The van der Waals surface area contributed by atoms with Crippen LogP contribution in [0.5, 0.6) is 0 Å². The van der Waals surface area contributed by atoms with E-state index in [1.807, 2.05) is 0 Å². The molecule has 0 aromatic carbocycles. The van der Waals surface area contributed by atoms with Gasteiger partial charge in [0.25, 0.3) is 0 Å². The number of nitriles is 1. The number of unbranched alkanes of at least 4 members (excludes halogenated alkanes) is 3. The lowest BCUT2D eigenvalue weighted by atomic mass is 10.2. The molecule has 0 aliphatic carbocycles. The summed E-state index contributed by atoms with van der Waals surface area (Å²) in [6.45, 7) is 3.70. The third-order valence-corrected chi connectivity index (χ3v) is 1.34. The van der Waals surface area contributed by atoms with Gasteiger partial charge in [-0.05, 0) is 19.3 Å². The maximum absolute atomic E-state index is 10.5. The van der Waals surface area contributed by atoms with Crippen LogP contribution in [0.1, 0.15) is 25.7 Å². The Morgan fingerprint density at radius 2 is 2.25 bits per heavy atom. The van der Waals surface area contributed by atoms with Crippen molar-refractivity contribution in [1.29, 1.82) is 5.26 Å². The van der Waals surface area contributed by atoms with Crippen LogP contribution >= 0.6 is 0 Å². The van der Waals surface area contributed by atoms with Gasteiger partial charge in [-0.3, -0.25) is 0 Å². The van der Waals surface area contributed by atoms with Crippen LogP contribution in [0.3, 0.4) is 0 Å². The summed E-state index contributed by atoms with van der Waals surface area (Å²) in [7, 11) is 0. The molecule has 0 heterocycles. The molecule has 0 radical (unpaired) electrons. The lowest BCUT2D eigenvalue weighted by Crippen LogP contribution is -2.01. The molecule has 0 amide bonds. The molecule has 0 bridgehead atoms. The molecule has 0 rings (SSSR count). The van der Waals surface area contributed by atoms with Crippen molar-refractivity contribution in [2.75, 3.05) is 6.61 Å².